The van der Waals surface area contributed by atoms with Gasteiger partial charge in [-0.15, -0.1) is 11.3 Å². The van der Waals surface area contributed by atoms with Gasteiger partial charge in [-0.25, -0.2) is 4.98 Å². The summed E-state index contributed by atoms with van der Waals surface area (Å²) in [5.41, 5.74) is 2.24. The van der Waals surface area contributed by atoms with Crippen molar-refractivity contribution in [3.05, 3.63) is 45.9 Å². The third kappa shape index (κ3) is 3.55. The number of hydrogen-bond acceptors (Lipinski definition) is 4. The second-order valence-corrected chi connectivity index (χ2v) is 5.01. The van der Waals surface area contributed by atoms with Crippen LogP contribution in [0.1, 0.15) is 23.2 Å². The highest BCUT2D eigenvalue weighted by Crippen LogP contribution is 2.19. The van der Waals surface area contributed by atoms with Gasteiger partial charge in [-0.2, -0.15) is 0 Å². The lowest BCUT2D eigenvalue weighted by atomic mass is 10.2. The van der Waals surface area contributed by atoms with Crippen molar-refractivity contribution in [2.24, 2.45) is 0 Å². The van der Waals surface area contributed by atoms with E-state index < -0.39 is 0 Å². The molecular weight excluding hydrogens is 244 g/mol. The molecule has 0 radical (unpaired) electrons. The monoisotopic (exact) mass is 262 g/mol. The zero-order valence-electron chi connectivity index (χ0n) is 10.8. The van der Waals surface area contributed by atoms with Crippen LogP contribution in [0.4, 0.5) is 0 Å². The summed E-state index contributed by atoms with van der Waals surface area (Å²) in [6, 6.07) is 8.04. The van der Waals surface area contributed by atoms with Crippen molar-refractivity contribution in [2.75, 3.05) is 6.54 Å². The summed E-state index contributed by atoms with van der Waals surface area (Å²) in [7, 11) is 0. The molecular formula is C14H18N2OS. The first-order valence-corrected chi connectivity index (χ1v) is 7.00. The Morgan fingerprint density at radius 2 is 2.17 bits per heavy atom. The fourth-order valence-corrected chi connectivity index (χ4v) is 2.31. The van der Waals surface area contributed by atoms with Crippen LogP contribution in [0.15, 0.2) is 29.6 Å². The molecule has 1 aromatic heterocycles. The summed E-state index contributed by atoms with van der Waals surface area (Å²) < 4.78 is 5.77. The number of ether oxygens (including phenoxy) is 1. The Bertz CT molecular complexity index is 496. The van der Waals surface area contributed by atoms with E-state index in [1.807, 2.05) is 31.2 Å². The lowest BCUT2D eigenvalue weighted by Gasteiger charge is -2.06. The highest BCUT2D eigenvalue weighted by molar-refractivity contribution is 7.09. The van der Waals surface area contributed by atoms with Crippen molar-refractivity contribution in [2.45, 2.75) is 27.0 Å². The third-order valence-corrected chi connectivity index (χ3v) is 3.47. The lowest BCUT2D eigenvalue weighted by Crippen LogP contribution is -2.12. The number of para-hydroxylation sites is 1. The van der Waals surface area contributed by atoms with Gasteiger partial charge in [0.2, 0.25) is 0 Å². The first-order chi connectivity index (χ1) is 8.79. The summed E-state index contributed by atoms with van der Waals surface area (Å²) in [6.45, 7) is 6.48. The molecule has 0 saturated heterocycles. The Labute approximate surface area is 112 Å². The smallest absolute Gasteiger partial charge is 0.140 e. The molecule has 0 spiro atoms. The number of nitrogens with zero attached hydrogens (tertiary/aromatic N) is 1. The SMILES string of the molecule is CCNCc1csc(COc2ccccc2C)n1. The van der Waals surface area contributed by atoms with Gasteiger partial charge < -0.3 is 10.1 Å². The quantitative estimate of drug-likeness (QED) is 0.868. The Morgan fingerprint density at radius 3 is 2.94 bits per heavy atom. The molecule has 3 nitrogen and oxygen atoms in total. The molecule has 0 atom stereocenters. The van der Waals surface area contributed by atoms with Gasteiger partial charge in [-0.05, 0) is 25.1 Å². The van der Waals surface area contributed by atoms with Crippen LogP contribution in [-0.2, 0) is 13.2 Å². The van der Waals surface area contributed by atoms with Gasteiger partial charge in [0.05, 0.1) is 5.69 Å². The molecule has 0 unspecified atom stereocenters. The highest BCUT2D eigenvalue weighted by Gasteiger charge is 2.03. The van der Waals surface area contributed by atoms with Crippen molar-refractivity contribution in [3.63, 3.8) is 0 Å². The van der Waals surface area contributed by atoms with Gasteiger partial charge in [0.25, 0.3) is 0 Å². The number of thiazole rings is 1. The van der Waals surface area contributed by atoms with Crippen molar-refractivity contribution in [1.29, 1.82) is 0 Å². The first kappa shape index (κ1) is 13.1. The van der Waals surface area contributed by atoms with Crippen LogP contribution in [0.25, 0.3) is 0 Å². The summed E-state index contributed by atoms with van der Waals surface area (Å²) in [5.74, 6) is 0.931. The van der Waals surface area contributed by atoms with Crippen molar-refractivity contribution in [1.82, 2.24) is 10.3 Å². The Hall–Kier alpha value is -1.39. The first-order valence-electron chi connectivity index (χ1n) is 6.12. The van der Waals surface area contributed by atoms with Gasteiger partial charge in [-0.1, -0.05) is 25.1 Å². The topological polar surface area (TPSA) is 34.1 Å². The molecule has 4 heteroatoms. The molecule has 0 bridgehead atoms. The van der Waals surface area contributed by atoms with Gasteiger partial charge in [0, 0.05) is 11.9 Å². The molecule has 0 saturated carbocycles. The van der Waals surface area contributed by atoms with E-state index in [1.54, 1.807) is 11.3 Å². The minimum Gasteiger partial charge on any atom is -0.486 e. The molecule has 18 heavy (non-hydrogen) atoms. The molecule has 0 amide bonds. The summed E-state index contributed by atoms with van der Waals surface area (Å²) in [5, 5.41) is 6.37. The number of aryl methyl sites for hydroxylation is 1. The van der Waals surface area contributed by atoms with E-state index in [0.29, 0.717) is 6.61 Å². The average Bonchev–Trinajstić information content (AvgIpc) is 2.83. The molecule has 2 rings (SSSR count). The van der Waals surface area contributed by atoms with Crippen LogP contribution in [0.2, 0.25) is 0 Å². The van der Waals surface area contributed by atoms with Crippen LogP contribution < -0.4 is 10.1 Å². The number of benzene rings is 1. The maximum atomic E-state index is 5.77. The van der Waals surface area contributed by atoms with E-state index in [-0.39, 0.29) is 0 Å². The normalized spacial score (nSPS) is 10.6. The van der Waals surface area contributed by atoms with E-state index in [4.69, 9.17) is 4.74 Å². The largest absolute Gasteiger partial charge is 0.486 e. The van der Waals surface area contributed by atoms with E-state index in [1.165, 1.54) is 0 Å². The number of nitrogens with one attached hydrogen (secondary N) is 1. The van der Waals surface area contributed by atoms with E-state index in [9.17, 15) is 0 Å². The van der Waals surface area contributed by atoms with E-state index in [2.05, 4.69) is 22.6 Å². The maximum Gasteiger partial charge on any atom is 0.140 e. The average molecular weight is 262 g/mol. The molecule has 1 aromatic carbocycles. The predicted molar refractivity (Wildman–Crippen MR) is 75.0 cm³/mol. The van der Waals surface area contributed by atoms with Gasteiger partial charge in [0.1, 0.15) is 17.4 Å². The minimum absolute atomic E-state index is 0.543. The maximum absolute atomic E-state index is 5.77. The molecule has 0 aliphatic heterocycles. The van der Waals surface area contributed by atoms with Crippen LogP contribution in [0, 0.1) is 6.92 Å². The van der Waals surface area contributed by atoms with Crippen molar-refractivity contribution in [3.8, 4) is 5.75 Å². The number of hydrogen-bond donors (Lipinski definition) is 1. The van der Waals surface area contributed by atoms with E-state index in [0.717, 1.165) is 35.1 Å². The zero-order chi connectivity index (χ0) is 12.8. The van der Waals surface area contributed by atoms with Gasteiger partial charge in [0.15, 0.2) is 0 Å². The standard InChI is InChI=1S/C14H18N2OS/c1-3-15-8-12-10-18-14(16-12)9-17-13-7-5-4-6-11(13)2/h4-7,10,15H,3,8-9H2,1-2H3. The van der Waals surface area contributed by atoms with E-state index >= 15 is 0 Å². The summed E-state index contributed by atoms with van der Waals surface area (Å²) >= 11 is 1.65. The Morgan fingerprint density at radius 1 is 1.33 bits per heavy atom. The van der Waals surface area contributed by atoms with Crippen LogP contribution in [-0.4, -0.2) is 11.5 Å². The Kier molecular flexibility index (Phi) is 4.73. The van der Waals surface area contributed by atoms with Crippen LogP contribution >= 0.6 is 11.3 Å². The van der Waals surface area contributed by atoms with Crippen LogP contribution in [0.3, 0.4) is 0 Å². The Balaban J connectivity index is 1.90. The van der Waals surface area contributed by atoms with Crippen molar-refractivity contribution < 1.29 is 4.74 Å². The third-order valence-electron chi connectivity index (χ3n) is 2.60. The molecule has 0 fully saturated rings. The fourth-order valence-electron chi connectivity index (χ4n) is 1.61. The minimum atomic E-state index is 0.543. The summed E-state index contributed by atoms with van der Waals surface area (Å²) in [4.78, 5) is 4.52. The molecule has 0 aliphatic rings. The van der Waals surface area contributed by atoms with Gasteiger partial charge in [-0.3, -0.25) is 0 Å². The highest BCUT2D eigenvalue weighted by atomic mass is 32.1. The van der Waals surface area contributed by atoms with Crippen molar-refractivity contribution >= 4 is 11.3 Å². The second kappa shape index (κ2) is 6.52. The molecule has 0 aliphatic carbocycles. The number of rotatable bonds is 6. The molecule has 1 N–H and O–H groups in total. The van der Waals surface area contributed by atoms with Gasteiger partial charge >= 0.3 is 0 Å². The van der Waals surface area contributed by atoms with Crippen LogP contribution in [0.5, 0.6) is 5.75 Å². The zero-order valence-corrected chi connectivity index (χ0v) is 11.6. The fraction of sp³-hybridized carbons (Fsp3) is 0.357. The molecule has 2 aromatic rings. The predicted octanol–water partition coefficient (Wildman–Crippen LogP) is 3.14. The summed E-state index contributed by atoms with van der Waals surface area (Å²) in [6.07, 6.45) is 0. The lowest BCUT2D eigenvalue weighted by molar-refractivity contribution is 0.303. The second-order valence-electron chi connectivity index (χ2n) is 4.07. The molecule has 96 valence electrons. The molecule has 1 heterocycles. The number of aromatic nitrogens is 1.